The highest BCUT2D eigenvalue weighted by Gasteiger charge is 2.34. The lowest BCUT2D eigenvalue weighted by molar-refractivity contribution is 0.229. The van der Waals surface area contributed by atoms with Crippen LogP contribution < -0.4 is 4.52 Å². The Bertz CT molecular complexity index is 748. The summed E-state index contributed by atoms with van der Waals surface area (Å²) in [5.41, 5.74) is 1.89. The lowest BCUT2D eigenvalue weighted by Crippen LogP contribution is -2.03. The quantitative estimate of drug-likeness (QED) is 0.122. The molecule has 1 unspecified atom stereocenters. The number of phosphoric ester groups is 1. The molecular weight excluding hydrogens is 462 g/mol. The molecule has 0 aliphatic rings. The molecule has 0 aliphatic carbocycles. The number of hydrogen-bond donors (Lipinski definition) is 3. The normalized spacial score (nSPS) is 13.7. The third-order valence-corrected chi connectivity index (χ3v) is 7.84. The first-order valence-corrected chi connectivity index (χ1v) is 15.6. The minimum absolute atomic E-state index is 0.167. The van der Waals surface area contributed by atoms with Gasteiger partial charge < -0.3 is 14.3 Å². The summed E-state index contributed by atoms with van der Waals surface area (Å²) in [6.07, 6.45) is 18.0. The van der Waals surface area contributed by atoms with Gasteiger partial charge in [-0.1, -0.05) is 103 Å². The van der Waals surface area contributed by atoms with Crippen molar-refractivity contribution in [1.29, 1.82) is 0 Å². The number of unbranched alkanes of at least 4 members (excludes halogenated alkanes) is 12. The fourth-order valence-electron chi connectivity index (χ4n) is 4.02. The maximum atomic E-state index is 12.1. The van der Waals surface area contributed by atoms with E-state index < -0.39 is 15.6 Å². The van der Waals surface area contributed by atoms with E-state index in [-0.39, 0.29) is 5.75 Å². The molecule has 9 heteroatoms. The number of rotatable bonds is 20. The monoisotopic (exact) mass is 506 g/mol. The summed E-state index contributed by atoms with van der Waals surface area (Å²) in [7, 11) is -10.1. The van der Waals surface area contributed by atoms with Gasteiger partial charge in [0.05, 0.1) is 0 Å². The number of aryl methyl sites for hydroxylation is 1. The van der Waals surface area contributed by atoms with Crippen molar-refractivity contribution in [3.63, 3.8) is 0 Å². The number of benzene rings is 1. The Morgan fingerprint density at radius 3 is 1.70 bits per heavy atom. The zero-order valence-corrected chi connectivity index (χ0v) is 22.2. The number of phosphoric acid groups is 2. The summed E-state index contributed by atoms with van der Waals surface area (Å²) in [6.45, 7) is 4.40. The molecule has 1 rings (SSSR count). The summed E-state index contributed by atoms with van der Waals surface area (Å²) in [6, 6.07) is 5.32. The molecule has 0 aromatic heterocycles. The smallest absolute Gasteiger partial charge is 0.404 e. The van der Waals surface area contributed by atoms with Gasteiger partial charge in [-0.15, -0.1) is 0 Å². The molecule has 0 amide bonds. The van der Waals surface area contributed by atoms with Crippen LogP contribution in [0.15, 0.2) is 18.2 Å². The average Bonchev–Trinajstić information content (AvgIpc) is 2.71. The summed E-state index contributed by atoms with van der Waals surface area (Å²) in [5, 5.41) is 0. The predicted octanol–water partition coefficient (Wildman–Crippen LogP) is 7.86. The zero-order valence-electron chi connectivity index (χ0n) is 20.4. The molecule has 0 aliphatic heterocycles. The second kappa shape index (κ2) is 16.9. The summed E-state index contributed by atoms with van der Waals surface area (Å²) >= 11 is 0. The van der Waals surface area contributed by atoms with Gasteiger partial charge in [0.2, 0.25) is 0 Å². The molecule has 0 bridgehead atoms. The van der Waals surface area contributed by atoms with Gasteiger partial charge in [0.1, 0.15) is 5.75 Å². The van der Waals surface area contributed by atoms with Gasteiger partial charge in [-0.25, -0.2) is 9.13 Å². The van der Waals surface area contributed by atoms with E-state index in [0.717, 1.165) is 49.7 Å². The Hall–Kier alpha value is -0.680. The van der Waals surface area contributed by atoms with Crippen LogP contribution in [0.2, 0.25) is 0 Å². The first kappa shape index (κ1) is 30.4. The lowest BCUT2D eigenvalue weighted by atomic mass is 9.95. The summed E-state index contributed by atoms with van der Waals surface area (Å²) in [5.74, 6) is 0.167. The maximum Gasteiger partial charge on any atom is 0.536 e. The second-order valence-corrected chi connectivity index (χ2v) is 11.5. The van der Waals surface area contributed by atoms with Crippen LogP contribution in [0.25, 0.3) is 0 Å². The van der Waals surface area contributed by atoms with Crippen LogP contribution in [0.3, 0.4) is 0 Å². The van der Waals surface area contributed by atoms with Crippen LogP contribution in [0.5, 0.6) is 5.75 Å². The maximum absolute atomic E-state index is 12.1. The van der Waals surface area contributed by atoms with Gasteiger partial charge in [0, 0.05) is 0 Å². The van der Waals surface area contributed by atoms with Crippen molar-refractivity contribution >= 4 is 15.6 Å². The van der Waals surface area contributed by atoms with E-state index in [4.69, 9.17) is 14.3 Å². The molecule has 1 aromatic rings. The van der Waals surface area contributed by atoms with Crippen molar-refractivity contribution < 1.29 is 32.6 Å². The third-order valence-electron chi connectivity index (χ3n) is 5.73. The Morgan fingerprint density at radius 2 is 1.18 bits per heavy atom. The summed E-state index contributed by atoms with van der Waals surface area (Å²) < 4.78 is 32.3. The lowest BCUT2D eigenvalue weighted by Gasteiger charge is -2.18. The molecule has 0 saturated heterocycles. The van der Waals surface area contributed by atoms with Crippen LogP contribution in [-0.4, -0.2) is 14.7 Å². The number of hydrogen-bond acceptors (Lipinski definition) is 4. The molecule has 0 spiro atoms. The van der Waals surface area contributed by atoms with E-state index in [0.29, 0.717) is 6.42 Å². The highest BCUT2D eigenvalue weighted by atomic mass is 31.3. The first-order valence-electron chi connectivity index (χ1n) is 12.6. The molecule has 192 valence electrons. The molecule has 0 fully saturated rings. The fraction of sp³-hybridized carbons (Fsp3) is 0.750. The summed E-state index contributed by atoms with van der Waals surface area (Å²) in [4.78, 5) is 27.7. The molecule has 33 heavy (non-hydrogen) atoms. The minimum Gasteiger partial charge on any atom is -0.404 e. The van der Waals surface area contributed by atoms with E-state index in [1.54, 1.807) is 12.1 Å². The molecule has 0 heterocycles. The van der Waals surface area contributed by atoms with Gasteiger partial charge in [0.25, 0.3) is 0 Å². The largest absolute Gasteiger partial charge is 0.536 e. The van der Waals surface area contributed by atoms with Gasteiger partial charge >= 0.3 is 15.6 Å². The van der Waals surface area contributed by atoms with Crippen molar-refractivity contribution in [1.82, 2.24) is 0 Å². The van der Waals surface area contributed by atoms with Crippen molar-refractivity contribution in [3.05, 3.63) is 29.3 Å². The first-order chi connectivity index (χ1) is 15.7. The molecule has 3 N–H and O–H groups in total. The van der Waals surface area contributed by atoms with Gasteiger partial charge in [-0.3, -0.25) is 4.89 Å². The van der Waals surface area contributed by atoms with E-state index in [2.05, 4.69) is 18.2 Å². The second-order valence-electron chi connectivity index (χ2n) is 8.77. The Kier molecular flexibility index (Phi) is 15.5. The van der Waals surface area contributed by atoms with Crippen LogP contribution in [0, 0.1) is 0 Å². The minimum atomic E-state index is -5.16. The molecule has 0 saturated carbocycles. The SMILES string of the molecule is CCCCCCCCCc1cccc(OP(=O)(O)OP(=O)(O)O)c1CCCCCCCCC. The van der Waals surface area contributed by atoms with Crippen molar-refractivity contribution in [3.8, 4) is 5.75 Å². The van der Waals surface area contributed by atoms with Crippen molar-refractivity contribution in [2.45, 2.75) is 117 Å². The molecule has 1 aromatic carbocycles. The van der Waals surface area contributed by atoms with Crippen LogP contribution in [-0.2, 0) is 26.3 Å². The van der Waals surface area contributed by atoms with E-state index in [1.807, 2.05) is 6.07 Å². The highest BCUT2D eigenvalue weighted by Crippen LogP contribution is 2.57. The van der Waals surface area contributed by atoms with Crippen molar-refractivity contribution in [2.24, 2.45) is 0 Å². The standard InChI is InChI=1S/C24H44O7P2/c1-3-5-7-9-11-13-15-18-22-19-17-21-24(30-33(28,29)31-32(25,26)27)23(22)20-16-14-12-10-8-6-4-2/h17,19,21H,3-16,18,20H2,1-2H3,(H,28,29)(H2,25,26,27). The van der Waals surface area contributed by atoms with Gasteiger partial charge in [-0.2, -0.15) is 4.31 Å². The van der Waals surface area contributed by atoms with Crippen LogP contribution in [0.4, 0.5) is 0 Å². The molecular formula is C24H44O7P2. The fourth-order valence-corrected chi connectivity index (χ4v) is 5.65. The molecule has 7 nitrogen and oxygen atoms in total. The van der Waals surface area contributed by atoms with Gasteiger partial charge in [0.15, 0.2) is 0 Å². The third kappa shape index (κ3) is 15.0. The average molecular weight is 507 g/mol. The van der Waals surface area contributed by atoms with E-state index >= 15 is 0 Å². The van der Waals surface area contributed by atoms with E-state index in [9.17, 15) is 14.0 Å². The Morgan fingerprint density at radius 1 is 0.697 bits per heavy atom. The molecule has 1 atom stereocenters. The zero-order chi connectivity index (χ0) is 24.6. The van der Waals surface area contributed by atoms with Crippen LogP contribution >= 0.6 is 15.6 Å². The van der Waals surface area contributed by atoms with E-state index in [1.165, 1.54) is 57.8 Å². The Balaban J connectivity index is 2.79. The topological polar surface area (TPSA) is 113 Å². The van der Waals surface area contributed by atoms with Crippen LogP contribution in [0.1, 0.15) is 115 Å². The van der Waals surface area contributed by atoms with Crippen molar-refractivity contribution in [2.75, 3.05) is 0 Å². The van der Waals surface area contributed by atoms with Gasteiger partial charge in [-0.05, 0) is 42.9 Å². The predicted molar refractivity (Wildman–Crippen MR) is 133 cm³/mol. The highest BCUT2D eigenvalue weighted by molar-refractivity contribution is 7.60. The molecule has 0 radical (unpaired) electrons. The Labute approximate surface area is 200 Å².